The third-order valence-electron chi connectivity index (χ3n) is 4.06. The first-order chi connectivity index (χ1) is 10.3. The molecule has 2 aromatic heterocycles. The second-order valence-corrected chi connectivity index (χ2v) is 5.42. The monoisotopic (exact) mass is 281 g/mol. The van der Waals surface area contributed by atoms with Crippen molar-refractivity contribution in [3.05, 3.63) is 36.5 Å². The molecule has 1 saturated carbocycles. The molecule has 2 unspecified atom stereocenters. The van der Waals surface area contributed by atoms with Gasteiger partial charge in [-0.1, -0.05) is 11.6 Å². The number of hydrogen-bond acceptors (Lipinski definition) is 6. The van der Waals surface area contributed by atoms with Crippen LogP contribution in [0.2, 0.25) is 0 Å². The van der Waals surface area contributed by atoms with Crippen LogP contribution in [0, 0.1) is 0 Å². The van der Waals surface area contributed by atoms with Crippen LogP contribution in [0.15, 0.2) is 35.1 Å². The highest BCUT2D eigenvalue weighted by Crippen LogP contribution is 2.33. The molecule has 21 heavy (non-hydrogen) atoms. The molecule has 1 aliphatic rings. The average Bonchev–Trinajstić information content (AvgIpc) is 3.15. The Morgan fingerprint density at radius 1 is 1.10 bits per heavy atom. The van der Waals surface area contributed by atoms with Gasteiger partial charge in [-0.25, -0.2) is 0 Å². The fourth-order valence-corrected chi connectivity index (χ4v) is 2.90. The molecule has 0 saturated heterocycles. The molecule has 0 amide bonds. The van der Waals surface area contributed by atoms with Gasteiger partial charge in [0.1, 0.15) is 0 Å². The van der Waals surface area contributed by atoms with Crippen molar-refractivity contribution in [2.24, 2.45) is 5.73 Å². The highest BCUT2D eigenvalue weighted by molar-refractivity contribution is 5.79. The summed E-state index contributed by atoms with van der Waals surface area (Å²) in [5.74, 6) is 1.41. The van der Waals surface area contributed by atoms with Crippen LogP contribution in [-0.2, 0) is 0 Å². The van der Waals surface area contributed by atoms with Crippen molar-refractivity contribution < 1.29 is 4.52 Å². The largest absolute Gasteiger partial charge is 0.339 e. The molecular weight excluding hydrogens is 266 g/mol. The molecular formula is C15H15N5O. The van der Waals surface area contributed by atoms with Crippen LogP contribution in [0.4, 0.5) is 0 Å². The van der Waals surface area contributed by atoms with E-state index in [-0.39, 0.29) is 12.0 Å². The zero-order valence-electron chi connectivity index (χ0n) is 11.4. The Morgan fingerprint density at radius 2 is 1.95 bits per heavy atom. The van der Waals surface area contributed by atoms with Gasteiger partial charge in [-0.15, -0.1) is 0 Å². The van der Waals surface area contributed by atoms with E-state index in [4.69, 9.17) is 10.3 Å². The minimum Gasteiger partial charge on any atom is -0.339 e. The van der Waals surface area contributed by atoms with Crippen molar-refractivity contribution >= 4 is 11.0 Å². The lowest BCUT2D eigenvalue weighted by molar-refractivity contribution is 0.345. The van der Waals surface area contributed by atoms with Crippen molar-refractivity contribution in [1.29, 1.82) is 0 Å². The summed E-state index contributed by atoms with van der Waals surface area (Å²) in [5, 5.41) is 4.08. The van der Waals surface area contributed by atoms with Gasteiger partial charge >= 0.3 is 0 Å². The Hall–Kier alpha value is -2.34. The zero-order valence-corrected chi connectivity index (χ0v) is 11.4. The van der Waals surface area contributed by atoms with Gasteiger partial charge in [0.05, 0.1) is 17.0 Å². The molecule has 1 aliphatic carbocycles. The fraction of sp³-hybridized carbons (Fsp3) is 0.333. The summed E-state index contributed by atoms with van der Waals surface area (Å²) < 4.78 is 5.41. The summed E-state index contributed by atoms with van der Waals surface area (Å²) in [5.41, 5.74) is 8.63. The Labute approximate surface area is 121 Å². The molecule has 6 heteroatoms. The Bertz CT molecular complexity index is 784. The van der Waals surface area contributed by atoms with Crippen molar-refractivity contribution in [2.45, 2.75) is 31.2 Å². The van der Waals surface area contributed by atoms with E-state index >= 15 is 0 Å². The summed E-state index contributed by atoms with van der Waals surface area (Å²) in [6.07, 6.45) is 6.51. The lowest BCUT2D eigenvalue weighted by Crippen LogP contribution is -2.22. The molecule has 2 N–H and O–H groups in total. The zero-order chi connectivity index (χ0) is 14.2. The molecule has 2 atom stereocenters. The van der Waals surface area contributed by atoms with Crippen LogP contribution < -0.4 is 5.73 Å². The molecule has 1 aromatic carbocycles. The van der Waals surface area contributed by atoms with Gasteiger partial charge in [-0.2, -0.15) is 4.98 Å². The first-order valence-electron chi connectivity index (χ1n) is 7.11. The normalized spacial score (nSPS) is 22.0. The van der Waals surface area contributed by atoms with Crippen LogP contribution in [0.25, 0.3) is 22.4 Å². The smallest absolute Gasteiger partial charge is 0.231 e. The molecule has 106 valence electrons. The minimum absolute atomic E-state index is 0.126. The SMILES string of the molecule is NC1CCCC1c1nc(-c2ccc3nccnc3c2)no1. The van der Waals surface area contributed by atoms with E-state index in [1.165, 1.54) is 0 Å². The number of nitrogens with zero attached hydrogens (tertiary/aromatic N) is 4. The number of benzene rings is 1. The number of aromatic nitrogens is 4. The van der Waals surface area contributed by atoms with E-state index < -0.39 is 0 Å². The maximum atomic E-state index is 6.09. The van der Waals surface area contributed by atoms with Crippen LogP contribution in [0.5, 0.6) is 0 Å². The predicted octanol–water partition coefficient (Wildman–Crippen LogP) is 2.27. The number of hydrogen-bond donors (Lipinski definition) is 1. The Kier molecular flexibility index (Phi) is 2.89. The van der Waals surface area contributed by atoms with Gasteiger partial charge < -0.3 is 10.3 Å². The first-order valence-corrected chi connectivity index (χ1v) is 7.11. The van der Waals surface area contributed by atoms with Crippen molar-refractivity contribution in [3.8, 4) is 11.4 Å². The van der Waals surface area contributed by atoms with Crippen LogP contribution in [-0.4, -0.2) is 26.2 Å². The topological polar surface area (TPSA) is 90.7 Å². The summed E-state index contributed by atoms with van der Waals surface area (Å²) in [7, 11) is 0. The van der Waals surface area contributed by atoms with E-state index in [9.17, 15) is 0 Å². The van der Waals surface area contributed by atoms with Crippen LogP contribution >= 0.6 is 0 Å². The lowest BCUT2D eigenvalue weighted by atomic mass is 10.1. The second-order valence-electron chi connectivity index (χ2n) is 5.42. The summed E-state index contributed by atoms with van der Waals surface area (Å²) in [6, 6.07) is 5.89. The third-order valence-corrected chi connectivity index (χ3v) is 4.06. The molecule has 0 bridgehead atoms. The third kappa shape index (κ3) is 2.17. The molecule has 0 aliphatic heterocycles. The number of rotatable bonds is 2. The quantitative estimate of drug-likeness (QED) is 0.774. The number of nitrogens with two attached hydrogens (primary N) is 1. The van der Waals surface area contributed by atoms with Gasteiger partial charge in [-0.3, -0.25) is 9.97 Å². The van der Waals surface area contributed by atoms with Gasteiger partial charge in [-0.05, 0) is 31.0 Å². The second kappa shape index (κ2) is 4.89. The van der Waals surface area contributed by atoms with Crippen molar-refractivity contribution in [3.63, 3.8) is 0 Å². The van der Waals surface area contributed by atoms with E-state index in [0.717, 1.165) is 35.9 Å². The molecule has 4 rings (SSSR count). The highest BCUT2D eigenvalue weighted by Gasteiger charge is 2.30. The van der Waals surface area contributed by atoms with Gasteiger partial charge in [0.2, 0.25) is 11.7 Å². The molecule has 6 nitrogen and oxygen atoms in total. The van der Waals surface area contributed by atoms with Crippen LogP contribution in [0.3, 0.4) is 0 Å². The molecule has 1 fully saturated rings. The Balaban J connectivity index is 1.70. The van der Waals surface area contributed by atoms with E-state index in [1.807, 2.05) is 18.2 Å². The van der Waals surface area contributed by atoms with E-state index in [1.54, 1.807) is 12.4 Å². The average molecular weight is 281 g/mol. The maximum Gasteiger partial charge on any atom is 0.231 e. The van der Waals surface area contributed by atoms with Crippen LogP contribution in [0.1, 0.15) is 31.1 Å². The molecule has 3 aromatic rings. The summed E-state index contributed by atoms with van der Waals surface area (Å²) in [6.45, 7) is 0. The Morgan fingerprint density at radius 3 is 2.76 bits per heavy atom. The molecule has 2 heterocycles. The molecule has 0 radical (unpaired) electrons. The van der Waals surface area contributed by atoms with Crippen molar-refractivity contribution in [1.82, 2.24) is 20.1 Å². The predicted molar refractivity (Wildman–Crippen MR) is 77.4 cm³/mol. The lowest BCUT2D eigenvalue weighted by Gasteiger charge is -2.08. The van der Waals surface area contributed by atoms with Gasteiger partial charge in [0.25, 0.3) is 0 Å². The van der Waals surface area contributed by atoms with Crippen molar-refractivity contribution in [2.75, 3.05) is 0 Å². The molecule has 0 spiro atoms. The maximum absolute atomic E-state index is 6.09. The number of fused-ring (bicyclic) bond motifs is 1. The van der Waals surface area contributed by atoms with Gasteiger partial charge in [0, 0.05) is 24.0 Å². The highest BCUT2D eigenvalue weighted by atomic mass is 16.5. The summed E-state index contributed by atoms with van der Waals surface area (Å²) >= 11 is 0. The summed E-state index contributed by atoms with van der Waals surface area (Å²) in [4.78, 5) is 13.1. The first kappa shape index (κ1) is 12.4. The van der Waals surface area contributed by atoms with E-state index in [2.05, 4.69) is 20.1 Å². The fourth-order valence-electron chi connectivity index (χ4n) is 2.90. The minimum atomic E-state index is 0.126. The van der Waals surface area contributed by atoms with E-state index in [0.29, 0.717) is 11.7 Å². The standard InChI is InChI=1S/C15H15N5O/c16-11-3-1-2-10(11)15-19-14(20-21-15)9-4-5-12-13(8-9)18-7-6-17-12/h4-8,10-11H,1-3,16H2. The van der Waals surface area contributed by atoms with Gasteiger partial charge in [0.15, 0.2) is 0 Å².